The van der Waals surface area contributed by atoms with Crippen LogP contribution in [0.15, 0.2) is 24.3 Å². The number of ether oxygens (including phenoxy) is 5. The number of hydrogen-bond acceptors (Lipinski definition) is 8. The topological polar surface area (TPSA) is 101 Å². The minimum absolute atomic E-state index is 0.0154. The average molecular weight is 532 g/mol. The highest BCUT2D eigenvalue weighted by atomic mass is 16.7. The van der Waals surface area contributed by atoms with Crippen LogP contribution in [0.2, 0.25) is 0 Å². The summed E-state index contributed by atoms with van der Waals surface area (Å²) in [5, 5.41) is 0. The third-order valence-corrected chi connectivity index (χ3v) is 7.29. The maximum atomic E-state index is 13.3. The van der Waals surface area contributed by atoms with E-state index < -0.39 is 41.7 Å². The van der Waals surface area contributed by atoms with Gasteiger partial charge >= 0.3 is 18.2 Å². The van der Waals surface area contributed by atoms with Gasteiger partial charge < -0.3 is 23.7 Å². The number of esters is 1. The summed E-state index contributed by atoms with van der Waals surface area (Å²) in [5.74, 6) is 0.227. The quantitative estimate of drug-likeness (QED) is 0.361. The molecule has 1 heterocycles. The molecule has 1 aliphatic heterocycles. The number of rotatable bonds is 6. The van der Waals surface area contributed by atoms with E-state index in [2.05, 4.69) is 0 Å². The Hall–Kier alpha value is -2.97. The maximum absolute atomic E-state index is 13.3. The molecule has 1 aromatic carbocycles. The van der Waals surface area contributed by atoms with E-state index in [0.717, 1.165) is 31.2 Å². The fourth-order valence-electron chi connectivity index (χ4n) is 5.24. The molecule has 3 aliphatic rings. The molecule has 38 heavy (non-hydrogen) atoms. The molecule has 9 nitrogen and oxygen atoms in total. The first kappa shape index (κ1) is 28.0. The van der Waals surface area contributed by atoms with Crippen LogP contribution in [0, 0.1) is 11.3 Å². The maximum Gasteiger partial charge on any atom is 0.509 e. The number of amides is 1. The highest BCUT2D eigenvalue weighted by Gasteiger charge is 2.57. The molecular weight excluding hydrogens is 490 g/mol. The summed E-state index contributed by atoms with van der Waals surface area (Å²) in [4.78, 5) is 40.7. The molecule has 1 saturated heterocycles. The van der Waals surface area contributed by atoms with Gasteiger partial charge in [0.25, 0.3) is 0 Å². The van der Waals surface area contributed by atoms with Gasteiger partial charge in [0.2, 0.25) is 0 Å². The minimum atomic E-state index is -0.903. The van der Waals surface area contributed by atoms with Crippen LogP contribution >= 0.6 is 0 Å². The van der Waals surface area contributed by atoms with E-state index in [9.17, 15) is 14.4 Å². The van der Waals surface area contributed by atoms with Gasteiger partial charge in [-0.15, -0.1) is 0 Å². The Morgan fingerprint density at radius 3 is 2.05 bits per heavy atom. The molecule has 0 aromatic heterocycles. The zero-order chi connectivity index (χ0) is 27.9. The molecule has 2 saturated carbocycles. The normalized spacial score (nSPS) is 24.4. The van der Waals surface area contributed by atoms with Crippen LogP contribution in [0.3, 0.4) is 0 Å². The molecule has 0 bridgehead atoms. The molecule has 0 radical (unpaired) electrons. The van der Waals surface area contributed by atoms with Crippen molar-refractivity contribution in [3.63, 3.8) is 0 Å². The molecule has 3 fully saturated rings. The fourth-order valence-corrected chi connectivity index (χ4v) is 5.24. The molecule has 2 aliphatic carbocycles. The predicted molar refractivity (Wildman–Crippen MR) is 139 cm³/mol. The van der Waals surface area contributed by atoms with Gasteiger partial charge in [0.15, 0.2) is 12.2 Å². The number of benzene rings is 1. The monoisotopic (exact) mass is 531 g/mol. The Balaban J connectivity index is 1.60. The Kier molecular flexibility index (Phi) is 7.60. The van der Waals surface area contributed by atoms with Crippen molar-refractivity contribution in [2.45, 2.75) is 103 Å². The molecule has 4 rings (SSSR count). The summed E-state index contributed by atoms with van der Waals surface area (Å²) in [7, 11) is 1.59. The van der Waals surface area contributed by atoms with Crippen LogP contribution in [0.5, 0.6) is 5.75 Å². The summed E-state index contributed by atoms with van der Waals surface area (Å²) >= 11 is 0. The Morgan fingerprint density at radius 2 is 1.53 bits per heavy atom. The zero-order valence-corrected chi connectivity index (χ0v) is 23.6. The van der Waals surface area contributed by atoms with E-state index in [-0.39, 0.29) is 18.4 Å². The van der Waals surface area contributed by atoms with Gasteiger partial charge in [0, 0.05) is 0 Å². The lowest BCUT2D eigenvalue weighted by Crippen LogP contribution is -2.46. The minimum Gasteiger partial charge on any atom is -0.497 e. The van der Waals surface area contributed by atoms with Crippen LogP contribution < -0.4 is 4.74 Å². The molecule has 3 atom stereocenters. The van der Waals surface area contributed by atoms with E-state index in [1.807, 2.05) is 24.3 Å². The highest BCUT2D eigenvalue weighted by molar-refractivity contribution is 5.75. The molecule has 1 spiro atoms. The van der Waals surface area contributed by atoms with E-state index in [4.69, 9.17) is 23.7 Å². The third kappa shape index (κ3) is 6.91. The Labute approximate surface area is 225 Å². The molecule has 1 aromatic rings. The second-order valence-electron chi connectivity index (χ2n) is 12.9. The van der Waals surface area contributed by atoms with Gasteiger partial charge in [-0.25, -0.2) is 9.59 Å². The van der Waals surface area contributed by atoms with Crippen molar-refractivity contribution in [2.24, 2.45) is 11.3 Å². The summed E-state index contributed by atoms with van der Waals surface area (Å²) in [6.07, 6.45) is 1.13. The Bertz CT molecular complexity index is 1030. The lowest BCUT2D eigenvalue weighted by Gasteiger charge is -2.36. The van der Waals surface area contributed by atoms with Crippen molar-refractivity contribution in [1.82, 2.24) is 4.90 Å². The highest BCUT2D eigenvalue weighted by Crippen LogP contribution is 2.63. The summed E-state index contributed by atoms with van der Waals surface area (Å²) in [6.45, 7) is 10.6. The fraction of sp³-hybridized carbons (Fsp3) is 0.690. The van der Waals surface area contributed by atoms with E-state index in [1.165, 1.54) is 4.90 Å². The van der Waals surface area contributed by atoms with Crippen molar-refractivity contribution in [3.05, 3.63) is 29.8 Å². The van der Waals surface area contributed by atoms with Crippen LogP contribution in [-0.4, -0.2) is 66.2 Å². The largest absolute Gasteiger partial charge is 0.509 e. The van der Waals surface area contributed by atoms with E-state index in [0.29, 0.717) is 17.6 Å². The van der Waals surface area contributed by atoms with Crippen molar-refractivity contribution in [1.29, 1.82) is 0 Å². The van der Waals surface area contributed by atoms with E-state index >= 15 is 0 Å². The molecule has 9 heteroatoms. The van der Waals surface area contributed by atoms with Crippen LogP contribution in [0.4, 0.5) is 9.59 Å². The van der Waals surface area contributed by atoms with Gasteiger partial charge in [-0.1, -0.05) is 12.1 Å². The van der Waals surface area contributed by atoms with Crippen molar-refractivity contribution >= 4 is 18.2 Å². The van der Waals surface area contributed by atoms with Gasteiger partial charge in [-0.2, -0.15) is 0 Å². The smallest absolute Gasteiger partial charge is 0.497 e. The zero-order valence-electron chi connectivity index (χ0n) is 23.6. The SMILES string of the molecule is COc1ccc(C[C@@H]2[C@H](OC(=O)C3CC4(CC4)C3)[C@@H](OC(=O)OC(C)(C)C)CN2C(=O)OC(C)(C)C)cc1. The number of methoxy groups -OCH3 is 1. The lowest BCUT2D eigenvalue weighted by atomic mass is 9.72. The number of nitrogens with zero attached hydrogens (tertiary/aromatic N) is 1. The van der Waals surface area contributed by atoms with E-state index in [1.54, 1.807) is 48.7 Å². The lowest BCUT2D eigenvalue weighted by molar-refractivity contribution is -0.166. The van der Waals surface area contributed by atoms with Crippen molar-refractivity contribution < 1.29 is 38.1 Å². The van der Waals surface area contributed by atoms with Crippen molar-refractivity contribution in [2.75, 3.05) is 13.7 Å². The molecule has 0 unspecified atom stereocenters. The van der Waals surface area contributed by atoms with Crippen LogP contribution in [0.1, 0.15) is 72.8 Å². The summed E-state index contributed by atoms with van der Waals surface area (Å²) < 4.78 is 28.1. The van der Waals surface area contributed by atoms with Gasteiger partial charge in [-0.05, 0) is 96.8 Å². The molecule has 210 valence electrons. The summed E-state index contributed by atoms with van der Waals surface area (Å²) in [6, 6.07) is 6.86. The first-order valence-corrected chi connectivity index (χ1v) is 13.4. The molecule has 0 N–H and O–H groups in total. The second kappa shape index (κ2) is 10.3. The second-order valence-corrected chi connectivity index (χ2v) is 12.9. The average Bonchev–Trinajstić information content (AvgIpc) is 3.51. The van der Waals surface area contributed by atoms with Gasteiger partial charge in [0.05, 0.1) is 25.6 Å². The number of carbonyl (C=O) groups is 3. The van der Waals surface area contributed by atoms with Crippen molar-refractivity contribution in [3.8, 4) is 5.75 Å². The first-order valence-electron chi connectivity index (χ1n) is 13.4. The van der Waals surface area contributed by atoms with Crippen LogP contribution in [-0.2, 0) is 30.2 Å². The standard InChI is InChI=1S/C29H41NO8/c1-27(2,3)37-25(32)30-17-22(35-26(33)38-28(4,5)6)23(36-24(31)19-15-29(16-19)12-13-29)21(30)14-18-8-10-20(34-7)11-9-18/h8-11,19,21-23H,12-17H2,1-7H3/t21-,22+,23+/m1/s1. The van der Waals surface area contributed by atoms with Crippen LogP contribution in [0.25, 0.3) is 0 Å². The molecular formula is C29H41NO8. The molecule has 1 amide bonds. The number of hydrogen-bond donors (Lipinski definition) is 0. The Morgan fingerprint density at radius 1 is 0.921 bits per heavy atom. The van der Waals surface area contributed by atoms with Gasteiger partial charge in [-0.3, -0.25) is 9.69 Å². The number of likely N-dealkylation sites (tertiary alicyclic amines) is 1. The van der Waals surface area contributed by atoms with Gasteiger partial charge in [0.1, 0.15) is 17.0 Å². The number of carbonyl (C=O) groups excluding carboxylic acids is 3. The third-order valence-electron chi connectivity index (χ3n) is 7.29. The summed E-state index contributed by atoms with van der Waals surface area (Å²) in [5.41, 5.74) is -0.261. The first-order chi connectivity index (χ1) is 17.7. The predicted octanol–water partition coefficient (Wildman–Crippen LogP) is 5.28.